The number of thioether (sulfide) groups is 1. The number of anilines is 1. The third kappa shape index (κ3) is 4.25. The van der Waals surface area contributed by atoms with Crippen molar-refractivity contribution in [2.45, 2.75) is 24.0 Å². The maximum atomic E-state index is 13.0. The minimum absolute atomic E-state index is 0.333. The number of rotatable bonds is 7. The second-order valence-electron chi connectivity index (χ2n) is 6.28. The van der Waals surface area contributed by atoms with Crippen LogP contribution in [0, 0.1) is 0 Å². The summed E-state index contributed by atoms with van der Waals surface area (Å²) >= 11 is 1.45. The van der Waals surface area contributed by atoms with Crippen LogP contribution in [0.15, 0.2) is 29.7 Å². The van der Waals surface area contributed by atoms with Crippen LogP contribution in [0.1, 0.15) is 6.92 Å². The molecule has 0 radical (unpaired) electrons. The Morgan fingerprint density at radius 2 is 1.83 bits per heavy atom. The minimum atomic E-state index is -5.71. The highest BCUT2D eigenvalue weighted by atomic mass is 32.2. The van der Waals surface area contributed by atoms with E-state index in [-0.39, 0.29) is 0 Å². The van der Waals surface area contributed by atoms with Crippen LogP contribution in [-0.2, 0) is 0 Å². The van der Waals surface area contributed by atoms with Crippen LogP contribution in [0.3, 0.4) is 0 Å². The van der Waals surface area contributed by atoms with Gasteiger partial charge >= 0.3 is 12.1 Å². The molecule has 162 valence electrons. The molecule has 0 saturated carbocycles. The minimum Gasteiger partial charge on any atom is -0.470 e. The van der Waals surface area contributed by atoms with Gasteiger partial charge in [0.2, 0.25) is 5.88 Å². The second-order valence-corrected chi connectivity index (χ2v) is 7.53. The van der Waals surface area contributed by atoms with Gasteiger partial charge in [-0.1, -0.05) is 6.92 Å². The zero-order chi connectivity index (χ0) is 22.1. The molecule has 0 amide bonds. The largest absolute Gasteiger partial charge is 0.470 e. The van der Waals surface area contributed by atoms with E-state index in [4.69, 9.17) is 0 Å². The van der Waals surface area contributed by atoms with Gasteiger partial charge in [-0.05, 0) is 11.8 Å². The average Bonchev–Trinajstić information content (AvgIpc) is 3.04. The van der Waals surface area contributed by atoms with Gasteiger partial charge in [-0.3, -0.25) is 0 Å². The normalized spacial score (nSPS) is 12.4. The number of nitrogens with zero attached hydrogens (tertiary/aromatic N) is 6. The van der Waals surface area contributed by atoms with Crippen molar-refractivity contribution in [1.82, 2.24) is 24.6 Å². The van der Waals surface area contributed by atoms with E-state index in [1.807, 2.05) is 25.9 Å². The third-order valence-electron chi connectivity index (χ3n) is 3.91. The molecule has 0 spiro atoms. The Bertz CT molecular complexity index is 1020. The first-order chi connectivity index (χ1) is 14.0. The Kier molecular flexibility index (Phi) is 6.01. The van der Waals surface area contributed by atoms with Crippen molar-refractivity contribution in [3.63, 3.8) is 0 Å². The Morgan fingerprint density at radius 3 is 2.40 bits per heavy atom. The summed E-state index contributed by atoms with van der Waals surface area (Å²) in [6.07, 6.45) is -1.89. The smallest absolute Gasteiger partial charge is 0.456 e. The molecule has 0 aliphatic carbocycles. The van der Waals surface area contributed by atoms with E-state index in [0.29, 0.717) is 21.9 Å². The number of hydrogen-bond acceptors (Lipinski definition) is 7. The summed E-state index contributed by atoms with van der Waals surface area (Å²) in [5.41, 5.74) is 1.41. The molecule has 3 heterocycles. The quantitative estimate of drug-likeness (QED) is 0.401. The van der Waals surface area contributed by atoms with E-state index in [2.05, 4.69) is 24.8 Å². The monoisotopic (exact) mass is 448 g/mol. The topological polar surface area (TPSA) is 68.4 Å². The highest BCUT2D eigenvalue weighted by Crippen LogP contribution is 2.36. The van der Waals surface area contributed by atoms with Gasteiger partial charge in [0.15, 0.2) is 12.3 Å². The van der Waals surface area contributed by atoms with E-state index < -0.39 is 24.6 Å². The Balaban J connectivity index is 1.94. The van der Waals surface area contributed by atoms with Gasteiger partial charge < -0.3 is 9.64 Å². The number of halogens is 5. The second kappa shape index (κ2) is 8.20. The molecule has 30 heavy (non-hydrogen) atoms. The van der Waals surface area contributed by atoms with Crippen molar-refractivity contribution in [2.75, 3.05) is 31.4 Å². The summed E-state index contributed by atoms with van der Waals surface area (Å²) in [5, 5.41) is 5.20. The van der Waals surface area contributed by atoms with Crippen molar-refractivity contribution in [2.24, 2.45) is 0 Å². The number of aromatic nitrogens is 5. The molecular weight excluding hydrogens is 431 g/mol. The summed E-state index contributed by atoms with van der Waals surface area (Å²) in [6.45, 7) is 0.0636. The fourth-order valence-electron chi connectivity index (χ4n) is 2.48. The number of hydrogen-bond donors (Lipinski definition) is 0. The van der Waals surface area contributed by atoms with Gasteiger partial charge in [-0.25, -0.2) is 15.0 Å². The molecule has 0 fully saturated rings. The lowest BCUT2D eigenvalue weighted by Gasteiger charge is -2.19. The standard InChI is InChI=1S/C17H17F5N6OS/c1-4-30-15-13(14-23-6-5-12(27(2)3)28(14)26-15)10-7-25-11(8-24-10)29-9-16(18,19)17(20,21)22/h5-8H,4,9H2,1-3H3. The van der Waals surface area contributed by atoms with Crippen LogP contribution in [0.5, 0.6) is 5.88 Å². The summed E-state index contributed by atoms with van der Waals surface area (Å²) < 4.78 is 68.9. The number of alkyl halides is 5. The molecule has 0 bridgehead atoms. The molecule has 0 aromatic carbocycles. The maximum absolute atomic E-state index is 13.0. The first-order valence-corrected chi connectivity index (χ1v) is 9.61. The highest BCUT2D eigenvalue weighted by molar-refractivity contribution is 7.99. The molecule has 13 heteroatoms. The zero-order valence-electron chi connectivity index (χ0n) is 16.1. The molecule has 0 saturated heterocycles. The van der Waals surface area contributed by atoms with Crippen LogP contribution in [0.4, 0.5) is 27.8 Å². The van der Waals surface area contributed by atoms with E-state index in [1.165, 1.54) is 18.0 Å². The van der Waals surface area contributed by atoms with Gasteiger partial charge in [0, 0.05) is 20.3 Å². The van der Waals surface area contributed by atoms with Crippen molar-refractivity contribution in [3.05, 3.63) is 24.7 Å². The molecule has 0 atom stereocenters. The van der Waals surface area contributed by atoms with Gasteiger partial charge in [-0.15, -0.1) is 11.8 Å². The predicted molar refractivity (Wildman–Crippen MR) is 101 cm³/mol. The average molecular weight is 448 g/mol. The summed E-state index contributed by atoms with van der Waals surface area (Å²) in [5.74, 6) is -3.96. The third-order valence-corrected chi connectivity index (χ3v) is 4.75. The molecular formula is C17H17F5N6OS. The molecule has 0 aliphatic rings. The van der Waals surface area contributed by atoms with Crippen molar-refractivity contribution < 1.29 is 26.7 Å². The maximum Gasteiger partial charge on any atom is 0.456 e. The lowest BCUT2D eigenvalue weighted by molar-refractivity contribution is -0.290. The molecule has 3 aromatic rings. The SMILES string of the molecule is CCSc1nn2c(N(C)C)ccnc2c1-c1cnc(OCC(F)(F)C(F)(F)F)cn1. The molecule has 7 nitrogen and oxygen atoms in total. The van der Waals surface area contributed by atoms with E-state index in [1.54, 1.807) is 16.8 Å². The van der Waals surface area contributed by atoms with Crippen LogP contribution in [0.2, 0.25) is 0 Å². The first kappa shape index (κ1) is 22.0. The molecule has 0 unspecified atom stereocenters. The molecule has 0 N–H and O–H groups in total. The first-order valence-electron chi connectivity index (χ1n) is 8.62. The number of ether oxygens (including phenoxy) is 1. The van der Waals surface area contributed by atoms with E-state index in [9.17, 15) is 22.0 Å². The van der Waals surface area contributed by atoms with E-state index >= 15 is 0 Å². The molecule has 3 aromatic heterocycles. The fraction of sp³-hybridized carbons (Fsp3) is 0.412. The van der Waals surface area contributed by atoms with Crippen molar-refractivity contribution in [1.29, 1.82) is 0 Å². The lowest BCUT2D eigenvalue weighted by atomic mass is 10.2. The Morgan fingerprint density at radius 1 is 1.10 bits per heavy atom. The van der Waals surface area contributed by atoms with E-state index in [0.717, 1.165) is 17.8 Å². The van der Waals surface area contributed by atoms with Gasteiger partial charge in [0.25, 0.3) is 0 Å². The lowest BCUT2D eigenvalue weighted by Crippen LogP contribution is -2.41. The molecule has 3 rings (SSSR count). The van der Waals surface area contributed by atoms with Gasteiger partial charge in [-0.2, -0.15) is 31.6 Å². The van der Waals surface area contributed by atoms with Crippen LogP contribution >= 0.6 is 11.8 Å². The Hall–Kier alpha value is -2.70. The highest BCUT2D eigenvalue weighted by Gasteiger charge is 2.58. The summed E-state index contributed by atoms with van der Waals surface area (Å²) in [7, 11) is 3.71. The summed E-state index contributed by atoms with van der Waals surface area (Å²) in [6, 6.07) is 1.79. The predicted octanol–water partition coefficient (Wildman–Crippen LogP) is 3.94. The van der Waals surface area contributed by atoms with Gasteiger partial charge in [0.1, 0.15) is 10.8 Å². The fourth-order valence-corrected chi connectivity index (χ4v) is 3.23. The molecule has 0 aliphatic heterocycles. The van der Waals surface area contributed by atoms with Crippen molar-refractivity contribution >= 4 is 23.2 Å². The van der Waals surface area contributed by atoms with Gasteiger partial charge in [0.05, 0.1) is 23.7 Å². The summed E-state index contributed by atoms with van der Waals surface area (Å²) in [4.78, 5) is 14.1. The Labute approximate surface area is 172 Å². The van der Waals surface area contributed by atoms with Crippen LogP contribution in [0.25, 0.3) is 16.9 Å². The van der Waals surface area contributed by atoms with Crippen LogP contribution < -0.4 is 9.64 Å². The zero-order valence-corrected chi connectivity index (χ0v) is 16.9. The van der Waals surface area contributed by atoms with Crippen molar-refractivity contribution in [3.8, 4) is 17.1 Å². The number of fused-ring (bicyclic) bond motifs is 1. The van der Waals surface area contributed by atoms with Crippen LogP contribution in [-0.4, -0.2) is 63.1 Å².